The Morgan fingerprint density at radius 1 is 1.04 bits per heavy atom. The SMILES string of the molecule is COc1cc(OC)cc(C(=O)NC(C(=O)NC2CCC(N)CC2)C(C)C)c1.Cl. The zero-order valence-corrected chi connectivity index (χ0v) is 17.8. The molecule has 7 nitrogen and oxygen atoms in total. The first kappa shape index (κ1) is 24.0. The molecule has 0 saturated heterocycles. The van der Waals surface area contributed by atoms with Crippen LogP contribution < -0.4 is 25.8 Å². The Bertz CT molecular complexity index is 639. The minimum Gasteiger partial charge on any atom is -0.497 e. The van der Waals surface area contributed by atoms with Crippen LogP contribution >= 0.6 is 12.4 Å². The molecule has 0 bridgehead atoms. The van der Waals surface area contributed by atoms with Gasteiger partial charge in [0.15, 0.2) is 0 Å². The van der Waals surface area contributed by atoms with E-state index in [0.29, 0.717) is 17.1 Å². The zero-order valence-electron chi connectivity index (χ0n) is 17.0. The Hall–Kier alpha value is -1.99. The highest BCUT2D eigenvalue weighted by Gasteiger charge is 2.28. The van der Waals surface area contributed by atoms with Crippen molar-refractivity contribution in [2.45, 2.75) is 57.7 Å². The van der Waals surface area contributed by atoms with Crippen molar-refractivity contribution in [3.8, 4) is 11.5 Å². The summed E-state index contributed by atoms with van der Waals surface area (Å²) in [6, 6.07) is 4.65. The maximum absolute atomic E-state index is 12.7. The quantitative estimate of drug-likeness (QED) is 0.636. The average Bonchev–Trinajstić information content (AvgIpc) is 2.66. The minimum absolute atomic E-state index is 0. The topological polar surface area (TPSA) is 103 Å². The van der Waals surface area contributed by atoms with Crippen LogP contribution in [0, 0.1) is 5.92 Å². The second-order valence-corrected chi connectivity index (χ2v) is 7.42. The van der Waals surface area contributed by atoms with Crippen molar-refractivity contribution in [1.82, 2.24) is 10.6 Å². The van der Waals surface area contributed by atoms with Crippen LogP contribution in [0.4, 0.5) is 0 Å². The first-order valence-electron chi connectivity index (χ1n) is 9.44. The molecule has 1 aliphatic carbocycles. The number of benzene rings is 1. The molecule has 0 spiro atoms. The molecule has 8 heteroatoms. The van der Waals surface area contributed by atoms with Gasteiger partial charge in [0.1, 0.15) is 17.5 Å². The van der Waals surface area contributed by atoms with Crippen molar-refractivity contribution in [3.05, 3.63) is 23.8 Å². The Kier molecular flexibility index (Phi) is 9.55. The summed E-state index contributed by atoms with van der Waals surface area (Å²) < 4.78 is 10.4. The molecular formula is C20H32ClN3O4. The van der Waals surface area contributed by atoms with Crippen molar-refractivity contribution in [3.63, 3.8) is 0 Å². The van der Waals surface area contributed by atoms with Crippen LogP contribution in [0.1, 0.15) is 49.9 Å². The molecule has 2 rings (SSSR count). The molecule has 0 aliphatic heterocycles. The molecule has 0 aromatic heterocycles. The smallest absolute Gasteiger partial charge is 0.252 e. The molecule has 0 radical (unpaired) electrons. The number of carbonyl (C=O) groups is 2. The number of hydrogen-bond donors (Lipinski definition) is 3. The van der Waals surface area contributed by atoms with E-state index < -0.39 is 6.04 Å². The molecule has 28 heavy (non-hydrogen) atoms. The van der Waals surface area contributed by atoms with E-state index >= 15 is 0 Å². The van der Waals surface area contributed by atoms with Crippen molar-refractivity contribution in [2.75, 3.05) is 14.2 Å². The fourth-order valence-corrected chi connectivity index (χ4v) is 3.25. The second kappa shape index (κ2) is 11.1. The lowest BCUT2D eigenvalue weighted by Gasteiger charge is -2.29. The standard InChI is InChI=1S/C20H31N3O4.ClH/c1-12(2)18(20(25)22-15-7-5-14(21)6-8-15)23-19(24)13-9-16(26-3)11-17(10-13)27-4;/h9-12,14-15,18H,5-8,21H2,1-4H3,(H,22,25)(H,23,24);1H. The second-order valence-electron chi connectivity index (χ2n) is 7.42. The van der Waals surface area contributed by atoms with Crippen molar-refractivity contribution in [2.24, 2.45) is 11.7 Å². The summed E-state index contributed by atoms with van der Waals surface area (Å²) in [6.45, 7) is 3.82. The first-order valence-corrected chi connectivity index (χ1v) is 9.44. The van der Waals surface area contributed by atoms with Gasteiger partial charge in [0.2, 0.25) is 5.91 Å². The van der Waals surface area contributed by atoms with Gasteiger partial charge in [-0.05, 0) is 43.7 Å². The number of methoxy groups -OCH3 is 2. The lowest BCUT2D eigenvalue weighted by atomic mass is 9.91. The molecule has 1 fully saturated rings. The van der Waals surface area contributed by atoms with Gasteiger partial charge in [0, 0.05) is 23.7 Å². The number of hydrogen-bond acceptors (Lipinski definition) is 5. The van der Waals surface area contributed by atoms with Crippen molar-refractivity contribution >= 4 is 24.2 Å². The number of carbonyl (C=O) groups excluding carboxylic acids is 2. The number of ether oxygens (including phenoxy) is 2. The predicted octanol–water partition coefficient (Wildman–Crippen LogP) is 2.27. The number of amides is 2. The van der Waals surface area contributed by atoms with E-state index in [9.17, 15) is 9.59 Å². The highest BCUT2D eigenvalue weighted by Crippen LogP contribution is 2.23. The van der Waals surface area contributed by atoms with Crippen molar-refractivity contribution in [1.29, 1.82) is 0 Å². The van der Waals surface area contributed by atoms with Gasteiger partial charge in [-0.2, -0.15) is 0 Å². The zero-order chi connectivity index (χ0) is 20.0. The molecule has 2 amide bonds. The fourth-order valence-electron chi connectivity index (χ4n) is 3.25. The molecule has 1 aromatic carbocycles. The summed E-state index contributed by atoms with van der Waals surface area (Å²) >= 11 is 0. The van der Waals surface area contributed by atoms with Crippen LogP contribution in [0.25, 0.3) is 0 Å². The van der Waals surface area contributed by atoms with Crippen molar-refractivity contribution < 1.29 is 19.1 Å². The molecule has 1 unspecified atom stereocenters. The van der Waals surface area contributed by atoms with Gasteiger partial charge < -0.3 is 25.8 Å². The van der Waals surface area contributed by atoms with E-state index in [1.807, 2.05) is 13.8 Å². The van der Waals surface area contributed by atoms with Crippen LogP contribution in [-0.4, -0.2) is 44.2 Å². The maximum Gasteiger partial charge on any atom is 0.252 e. The molecule has 1 atom stereocenters. The van der Waals surface area contributed by atoms with Crippen LogP contribution in [0.3, 0.4) is 0 Å². The van der Waals surface area contributed by atoms with Gasteiger partial charge in [-0.15, -0.1) is 12.4 Å². The van der Waals surface area contributed by atoms with E-state index in [1.54, 1.807) is 18.2 Å². The number of nitrogens with two attached hydrogens (primary N) is 1. The van der Waals surface area contributed by atoms with E-state index in [1.165, 1.54) is 14.2 Å². The van der Waals surface area contributed by atoms with Gasteiger partial charge in [-0.25, -0.2) is 0 Å². The van der Waals surface area contributed by atoms with Crippen LogP contribution in [0.5, 0.6) is 11.5 Å². The lowest BCUT2D eigenvalue weighted by molar-refractivity contribution is -0.124. The first-order chi connectivity index (χ1) is 12.8. The van der Waals surface area contributed by atoms with Gasteiger partial charge in [-0.3, -0.25) is 9.59 Å². The van der Waals surface area contributed by atoms with Gasteiger partial charge in [0.05, 0.1) is 14.2 Å². The van der Waals surface area contributed by atoms with Gasteiger partial charge in [0.25, 0.3) is 5.91 Å². The highest BCUT2D eigenvalue weighted by molar-refractivity contribution is 5.98. The highest BCUT2D eigenvalue weighted by atomic mass is 35.5. The maximum atomic E-state index is 12.7. The molecule has 1 saturated carbocycles. The molecule has 1 aliphatic rings. The van der Waals surface area contributed by atoms with Gasteiger partial charge >= 0.3 is 0 Å². The van der Waals surface area contributed by atoms with Crippen LogP contribution in [-0.2, 0) is 4.79 Å². The Morgan fingerprint density at radius 2 is 1.57 bits per heavy atom. The summed E-state index contributed by atoms with van der Waals surface area (Å²) in [6.07, 6.45) is 3.57. The third-order valence-corrected chi connectivity index (χ3v) is 4.97. The summed E-state index contributed by atoms with van der Waals surface area (Å²) in [4.78, 5) is 25.5. The summed E-state index contributed by atoms with van der Waals surface area (Å²) in [5.41, 5.74) is 6.31. The normalized spacial score (nSPS) is 19.9. The van der Waals surface area contributed by atoms with E-state index in [2.05, 4.69) is 10.6 Å². The Morgan fingerprint density at radius 3 is 2.04 bits per heavy atom. The summed E-state index contributed by atoms with van der Waals surface area (Å²) in [5, 5.41) is 5.91. The van der Waals surface area contributed by atoms with E-state index in [-0.39, 0.29) is 42.2 Å². The van der Waals surface area contributed by atoms with E-state index in [0.717, 1.165) is 25.7 Å². The summed E-state index contributed by atoms with van der Waals surface area (Å²) in [5.74, 6) is 0.486. The van der Waals surface area contributed by atoms with Crippen LogP contribution in [0.15, 0.2) is 18.2 Å². The third-order valence-electron chi connectivity index (χ3n) is 4.97. The summed E-state index contributed by atoms with van der Waals surface area (Å²) in [7, 11) is 3.05. The van der Waals surface area contributed by atoms with Gasteiger partial charge in [-0.1, -0.05) is 13.8 Å². The fraction of sp³-hybridized carbons (Fsp3) is 0.600. The largest absolute Gasteiger partial charge is 0.497 e. The minimum atomic E-state index is -0.620. The lowest BCUT2D eigenvalue weighted by Crippen LogP contribution is -2.53. The molecule has 4 N–H and O–H groups in total. The van der Waals surface area contributed by atoms with Crippen LogP contribution in [0.2, 0.25) is 0 Å². The predicted molar refractivity (Wildman–Crippen MR) is 111 cm³/mol. The molecule has 1 aromatic rings. The number of halogens is 1. The average molecular weight is 414 g/mol. The monoisotopic (exact) mass is 413 g/mol. The molecule has 0 heterocycles. The Labute approximate surface area is 173 Å². The number of rotatable bonds is 7. The third kappa shape index (κ3) is 6.56. The Balaban J connectivity index is 0.00000392. The number of nitrogens with one attached hydrogen (secondary N) is 2. The molecule has 158 valence electrons. The van der Waals surface area contributed by atoms with E-state index in [4.69, 9.17) is 15.2 Å². The molecular weight excluding hydrogens is 382 g/mol.